The summed E-state index contributed by atoms with van der Waals surface area (Å²) in [6, 6.07) is 0. The molecule has 6 aliphatic rings. The number of rotatable bonds is 10. The van der Waals surface area contributed by atoms with E-state index in [1.165, 1.54) is 5.57 Å². The van der Waals surface area contributed by atoms with Crippen LogP contribution in [0.15, 0.2) is 11.6 Å². The van der Waals surface area contributed by atoms with E-state index in [4.69, 9.17) is 9.47 Å². The molecule has 0 aromatic heterocycles. The Bertz CT molecular complexity index is 1360. The average molecular weight is 737 g/mol. The van der Waals surface area contributed by atoms with Crippen LogP contribution in [0.3, 0.4) is 0 Å². The number of hydrogen-bond acceptors (Lipinski definition) is 10. The average Bonchev–Trinajstić information content (AvgIpc) is 3.10. The van der Waals surface area contributed by atoms with Crippen LogP contribution < -0.4 is 0 Å². The van der Waals surface area contributed by atoms with Gasteiger partial charge in [-0.2, -0.15) is 0 Å². The van der Waals surface area contributed by atoms with Gasteiger partial charge in [-0.3, -0.25) is 4.79 Å². The SMILES string of the molecule is CCCCCC1CC2(C(=O)O)CCC(C)(CO)CC2C2=CCC3C4(C)CC(O)C(OC5OCC(O)C(O)C5O)C(C)(C(O)CO)C4CCC3(C)C21C. The number of hydrogen-bond donors (Lipinski definition) is 8. The van der Waals surface area contributed by atoms with Gasteiger partial charge in [-0.1, -0.05) is 72.5 Å². The number of unbranched alkanes of at least 4 members (excludes halogenated alkanes) is 2. The first-order valence-corrected chi connectivity index (χ1v) is 20.2. The second kappa shape index (κ2) is 14.1. The minimum Gasteiger partial charge on any atom is -0.481 e. The molecule has 17 unspecified atom stereocenters. The number of aliphatic hydroxyl groups excluding tert-OH is 7. The van der Waals surface area contributed by atoms with Gasteiger partial charge in [0.2, 0.25) is 0 Å². The van der Waals surface area contributed by atoms with Gasteiger partial charge in [-0.05, 0) is 103 Å². The molecular weight excluding hydrogens is 668 g/mol. The van der Waals surface area contributed by atoms with Crippen molar-refractivity contribution in [2.24, 2.45) is 56.2 Å². The van der Waals surface area contributed by atoms with E-state index in [0.717, 1.165) is 32.1 Å². The number of ether oxygens (including phenoxy) is 2. The lowest BCUT2D eigenvalue weighted by molar-refractivity contribution is -0.336. The summed E-state index contributed by atoms with van der Waals surface area (Å²) >= 11 is 0. The highest BCUT2D eigenvalue weighted by Crippen LogP contribution is 2.77. The molecule has 11 nitrogen and oxygen atoms in total. The van der Waals surface area contributed by atoms with Gasteiger partial charge >= 0.3 is 5.97 Å². The third-order valence-corrected chi connectivity index (χ3v) is 17.0. The Labute approximate surface area is 309 Å². The van der Waals surface area contributed by atoms with Crippen molar-refractivity contribution < 1.29 is 55.1 Å². The number of aliphatic hydroxyl groups is 7. The van der Waals surface area contributed by atoms with E-state index >= 15 is 0 Å². The van der Waals surface area contributed by atoms with Crippen LogP contribution in [0.4, 0.5) is 0 Å². The second-order valence-corrected chi connectivity index (χ2v) is 19.4. The highest BCUT2D eigenvalue weighted by Gasteiger charge is 2.73. The predicted molar refractivity (Wildman–Crippen MR) is 193 cm³/mol. The lowest BCUT2D eigenvalue weighted by Crippen LogP contribution is -2.71. The molecular formula is C41H68O11. The van der Waals surface area contributed by atoms with E-state index in [-0.39, 0.29) is 53.1 Å². The van der Waals surface area contributed by atoms with E-state index in [0.29, 0.717) is 44.9 Å². The minimum atomic E-state index is -1.57. The first-order valence-electron chi connectivity index (χ1n) is 20.2. The van der Waals surface area contributed by atoms with E-state index in [9.17, 15) is 45.6 Å². The van der Waals surface area contributed by atoms with Gasteiger partial charge in [0.15, 0.2) is 6.29 Å². The predicted octanol–water partition coefficient (Wildman–Crippen LogP) is 3.78. The van der Waals surface area contributed by atoms with Crippen molar-refractivity contribution in [2.75, 3.05) is 19.8 Å². The van der Waals surface area contributed by atoms with Gasteiger partial charge in [-0.15, -0.1) is 0 Å². The summed E-state index contributed by atoms with van der Waals surface area (Å²) in [6.07, 6.45) is 2.33. The van der Waals surface area contributed by atoms with Crippen LogP contribution in [0.5, 0.6) is 0 Å². The molecule has 4 saturated carbocycles. The van der Waals surface area contributed by atoms with Gasteiger partial charge in [0.1, 0.15) is 18.3 Å². The molecule has 5 aliphatic carbocycles. The quantitative estimate of drug-likeness (QED) is 0.0924. The molecule has 0 amide bonds. The topological polar surface area (TPSA) is 197 Å². The fourth-order valence-electron chi connectivity index (χ4n) is 13.7. The van der Waals surface area contributed by atoms with Crippen LogP contribution in [0.1, 0.15) is 119 Å². The molecule has 1 saturated heterocycles. The Morgan fingerprint density at radius 2 is 1.65 bits per heavy atom. The first kappa shape index (κ1) is 40.5. The lowest BCUT2D eigenvalue weighted by atomic mass is 9.31. The molecule has 52 heavy (non-hydrogen) atoms. The second-order valence-electron chi connectivity index (χ2n) is 19.4. The van der Waals surface area contributed by atoms with Crippen LogP contribution >= 0.6 is 0 Å². The van der Waals surface area contributed by atoms with E-state index in [1.807, 2.05) is 6.92 Å². The summed E-state index contributed by atoms with van der Waals surface area (Å²) in [5.41, 5.74) is -2.28. The Morgan fingerprint density at radius 1 is 0.942 bits per heavy atom. The molecule has 0 radical (unpaired) electrons. The third kappa shape index (κ3) is 5.72. The van der Waals surface area contributed by atoms with Crippen molar-refractivity contribution in [1.82, 2.24) is 0 Å². The Morgan fingerprint density at radius 3 is 2.29 bits per heavy atom. The molecule has 1 heterocycles. The highest BCUT2D eigenvalue weighted by molar-refractivity contribution is 5.77. The van der Waals surface area contributed by atoms with Gasteiger partial charge in [0, 0.05) is 12.0 Å². The van der Waals surface area contributed by atoms with Crippen molar-refractivity contribution in [3.8, 4) is 0 Å². The smallest absolute Gasteiger partial charge is 0.310 e. The largest absolute Gasteiger partial charge is 0.481 e. The maximum Gasteiger partial charge on any atom is 0.310 e. The van der Waals surface area contributed by atoms with Crippen molar-refractivity contribution >= 4 is 5.97 Å². The number of carbonyl (C=O) groups is 1. The summed E-state index contributed by atoms with van der Waals surface area (Å²) in [4.78, 5) is 13.5. The zero-order valence-electron chi connectivity index (χ0n) is 32.3. The molecule has 0 bridgehead atoms. The Kier molecular flexibility index (Phi) is 11.0. The number of carboxylic acids is 1. The molecule has 0 aromatic rings. The summed E-state index contributed by atoms with van der Waals surface area (Å²) in [7, 11) is 0. The zero-order valence-corrected chi connectivity index (χ0v) is 32.3. The van der Waals surface area contributed by atoms with E-state index in [2.05, 4.69) is 40.7 Å². The lowest BCUT2D eigenvalue weighted by Gasteiger charge is -2.73. The van der Waals surface area contributed by atoms with Crippen LogP contribution in [0.2, 0.25) is 0 Å². The summed E-state index contributed by atoms with van der Waals surface area (Å²) in [5, 5.41) is 87.1. The molecule has 1 aliphatic heterocycles. The molecule has 0 aromatic carbocycles. The summed E-state index contributed by atoms with van der Waals surface area (Å²) in [6.45, 7) is 12.4. The Balaban J connectivity index is 1.43. The molecule has 17 atom stereocenters. The van der Waals surface area contributed by atoms with Crippen molar-refractivity contribution in [3.05, 3.63) is 11.6 Å². The molecule has 0 spiro atoms. The number of fused-ring (bicyclic) bond motifs is 7. The maximum atomic E-state index is 13.5. The molecule has 11 heteroatoms. The van der Waals surface area contributed by atoms with Gasteiger partial charge < -0.3 is 50.3 Å². The van der Waals surface area contributed by atoms with E-state index in [1.54, 1.807) is 0 Å². The van der Waals surface area contributed by atoms with Crippen molar-refractivity contribution in [3.63, 3.8) is 0 Å². The van der Waals surface area contributed by atoms with Crippen LogP contribution in [0.25, 0.3) is 0 Å². The van der Waals surface area contributed by atoms with Crippen LogP contribution in [-0.2, 0) is 14.3 Å². The van der Waals surface area contributed by atoms with E-state index < -0.39 is 71.7 Å². The standard InChI is InChI=1S/C41H68O11/c1-7-8-9-10-23-17-41(35(49)50)16-15-36(2,22-43)18-25(41)24-11-12-28-37(3)19-26(44)33(52-34-32(48)31(47)27(45)21-51-34)39(5,30(46)20-42)29(37)13-14-38(28,4)40(23,24)6/h11,23,25-34,42-48H,7-10,12-22H2,1-6H3,(H,49,50). The minimum absolute atomic E-state index is 0.0259. The summed E-state index contributed by atoms with van der Waals surface area (Å²) in [5.74, 6) is -0.918. The molecule has 6 rings (SSSR count). The number of carboxylic acid groups (broad SMARTS) is 1. The van der Waals surface area contributed by atoms with Crippen molar-refractivity contribution in [1.29, 1.82) is 0 Å². The molecule has 5 fully saturated rings. The van der Waals surface area contributed by atoms with Gasteiger partial charge in [0.05, 0.1) is 36.9 Å². The fraction of sp³-hybridized carbons (Fsp3) is 0.927. The van der Waals surface area contributed by atoms with Gasteiger partial charge in [0.25, 0.3) is 0 Å². The highest BCUT2D eigenvalue weighted by atomic mass is 16.7. The summed E-state index contributed by atoms with van der Waals surface area (Å²) < 4.78 is 11.9. The monoisotopic (exact) mass is 736 g/mol. The first-order chi connectivity index (χ1) is 24.3. The Hall–Kier alpha value is -1.15. The number of aliphatic carboxylic acids is 1. The van der Waals surface area contributed by atoms with Crippen LogP contribution in [0, 0.1) is 56.2 Å². The third-order valence-electron chi connectivity index (χ3n) is 17.0. The van der Waals surface area contributed by atoms with Crippen LogP contribution in [-0.4, -0.2) is 110 Å². The molecule has 298 valence electrons. The fourth-order valence-corrected chi connectivity index (χ4v) is 13.7. The normalized spacial score (nSPS) is 52.4. The van der Waals surface area contributed by atoms with Crippen molar-refractivity contribution in [2.45, 2.75) is 162 Å². The zero-order chi connectivity index (χ0) is 38.2. The number of allylic oxidation sites excluding steroid dienone is 2. The van der Waals surface area contributed by atoms with Gasteiger partial charge in [-0.25, -0.2) is 0 Å². The molecule has 8 N–H and O–H groups in total. The maximum absolute atomic E-state index is 13.5.